The van der Waals surface area contributed by atoms with E-state index in [-0.39, 0.29) is 27.3 Å². The Morgan fingerprint density at radius 2 is 1.81 bits per heavy atom. The van der Waals surface area contributed by atoms with Crippen molar-refractivity contribution >= 4 is 39.1 Å². The van der Waals surface area contributed by atoms with Gasteiger partial charge in [-0.15, -0.1) is 0 Å². The largest absolute Gasteiger partial charge is 0.611 e. The van der Waals surface area contributed by atoms with Gasteiger partial charge in [-0.05, 0) is 42.7 Å². The second-order valence-electron chi connectivity index (χ2n) is 7.50. The first-order valence-electron chi connectivity index (χ1n) is 10.7. The summed E-state index contributed by atoms with van der Waals surface area (Å²) in [6.45, 7) is 4.46. The fourth-order valence-corrected chi connectivity index (χ4v) is 4.33. The Bertz CT molecular complexity index is 1120. The summed E-state index contributed by atoms with van der Waals surface area (Å²) in [5, 5.41) is 9.65. The Morgan fingerprint density at radius 1 is 1.06 bits per heavy atom. The molecule has 1 N–H and O–H groups in total. The van der Waals surface area contributed by atoms with Crippen LogP contribution in [0.4, 0.5) is 0 Å². The molecule has 0 saturated heterocycles. The molecule has 1 aromatic heterocycles. The van der Waals surface area contributed by atoms with Crippen LogP contribution in [0.1, 0.15) is 62.7 Å². The van der Waals surface area contributed by atoms with E-state index in [0.29, 0.717) is 28.6 Å². The lowest BCUT2D eigenvalue weighted by Crippen LogP contribution is -2.09. The van der Waals surface area contributed by atoms with E-state index in [1.54, 1.807) is 19.1 Å². The average molecular weight is 445 g/mol. The molecule has 2 aromatic carbocycles. The molecule has 0 radical (unpaired) electrons. The first-order chi connectivity index (χ1) is 15.0. The second-order valence-corrected chi connectivity index (χ2v) is 9.24. The molecule has 0 aliphatic carbocycles. The quantitative estimate of drug-likeness (QED) is 0.238. The van der Waals surface area contributed by atoms with Crippen molar-refractivity contribution in [1.29, 1.82) is 0 Å². The van der Waals surface area contributed by atoms with Crippen molar-refractivity contribution in [3.63, 3.8) is 0 Å². The molecule has 31 heavy (non-hydrogen) atoms. The van der Waals surface area contributed by atoms with Gasteiger partial charge < -0.3 is 18.8 Å². The van der Waals surface area contributed by atoms with Crippen LogP contribution in [0.15, 0.2) is 44.4 Å². The summed E-state index contributed by atoms with van der Waals surface area (Å²) in [5.41, 5.74) is 0.227. The molecule has 0 saturated carbocycles. The summed E-state index contributed by atoms with van der Waals surface area (Å²) in [5.74, 6) is -0.320. The zero-order valence-corrected chi connectivity index (χ0v) is 18.8. The van der Waals surface area contributed by atoms with E-state index in [1.807, 2.05) is 0 Å². The van der Waals surface area contributed by atoms with Gasteiger partial charge in [0.05, 0.1) is 22.9 Å². The zero-order chi connectivity index (χ0) is 22.4. The molecule has 3 aromatic rings. The lowest BCUT2D eigenvalue weighted by Gasteiger charge is -2.13. The van der Waals surface area contributed by atoms with Crippen molar-refractivity contribution in [3.8, 4) is 5.75 Å². The number of rotatable bonds is 11. The fourth-order valence-electron chi connectivity index (χ4n) is 3.51. The average Bonchev–Trinajstić information content (AvgIpc) is 2.77. The maximum Gasteiger partial charge on any atom is 0.335 e. The molecule has 0 aliphatic heterocycles. The maximum atomic E-state index is 13.1. The van der Waals surface area contributed by atoms with E-state index in [9.17, 15) is 19.2 Å². The Kier molecular flexibility index (Phi) is 7.98. The van der Waals surface area contributed by atoms with Gasteiger partial charge in [-0.3, -0.25) is 4.79 Å². The van der Waals surface area contributed by atoms with Crippen LogP contribution in [0.5, 0.6) is 5.75 Å². The minimum absolute atomic E-state index is 0.00647. The van der Waals surface area contributed by atoms with Gasteiger partial charge in [-0.1, -0.05) is 39.0 Å². The molecule has 166 valence electrons. The molecule has 0 fully saturated rings. The third-order valence-electron chi connectivity index (χ3n) is 5.24. The van der Waals surface area contributed by atoms with Crippen LogP contribution in [-0.2, 0) is 11.2 Å². The van der Waals surface area contributed by atoms with Gasteiger partial charge in [-0.25, -0.2) is 4.79 Å². The first-order valence-corrected chi connectivity index (χ1v) is 12.1. The topological polar surface area (TPSA) is 99.8 Å². The molecular weight excluding hydrogens is 416 g/mol. The number of benzene rings is 2. The lowest BCUT2D eigenvalue weighted by atomic mass is 10.1. The van der Waals surface area contributed by atoms with E-state index in [2.05, 4.69) is 6.92 Å². The highest BCUT2D eigenvalue weighted by Gasteiger charge is 2.19. The minimum Gasteiger partial charge on any atom is -0.611 e. The Morgan fingerprint density at radius 3 is 2.52 bits per heavy atom. The first kappa shape index (κ1) is 23.2. The molecule has 0 aliphatic rings. The van der Waals surface area contributed by atoms with Crippen LogP contribution in [0.2, 0.25) is 0 Å². The summed E-state index contributed by atoms with van der Waals surface area (Å²) in [6, 6.07) is 7.43. The fraction of sp³-hybridized carbons (Fsp3) is 0.417. The second kappa shape index (κ2) is 10.7. The van der Waals surface area contributed by atoms with Crippen LogP contribution in [0.25, 0.3) is 21.9 Å². The summed E-state index contributed by atoms with van der Waals surface area (Å²) >= 11 is -1.28. The van der Waals surface area contributed by atoms with Crippen LogP contribution in [0.3, 0.4) is 0 Å². The number of ether oxygens (including phenoxy) is 1. The number of fused-ring (bicyclic) bond motifs is 2. The molecule has 1 atom stereocenters. The summed E-state index contributed by atoms with van der Waals surface area (Å²) in [7, 11) is 0. The molecule has 7 heteroatoms. The van der Waals surface area contributed by atoms with Gasteiger partial charge in [0.25, 0.3) is 0 Å². The molecule has 3 rings (SSSR count). The molecule has 1 unspecified atom stereocenters. The van der Waals surface area contributed by atoms with Crippen LogP contribution in [0, 0.1) is 0 Å². The van der Waals surface area contributed by atoms with Crippen LogP contribution < -0.4 is 10.2 Å². The lowest BCUT2D eigenvalue weighted by molar-refractivity contribution is 0.0697. The number of aromatic carboxylic acids is 1. The predicted molar refractivity (Wildman–Crippen MR) is 123 cm³/mol. The van der Waals surface area contributed by atoms with Crippen molar-refractivity contribution in [2.24, 2.45) is 0 Å². The highest BCUT2D eigenvalue weighted by Crippen LogP contribution is 2.31. The van der Waals surface area contributed by atoms with E-state index < -0.39 is 17.1 Å². The van der Waals surface area contributed by atoms with E-state index in [4.69, 9.17) is 9.15 Å². The van der Waals surface area contributed by atoms with Crippen LogP contribution >= 0.6 is 0 Å². The summed E-state index contributed by atoms with van der Waals surface area (Å²) < 4.78 is 24.4. The highest BCUT2D eigenvalue weighted by molar-refractivity contribution is 7.91. The third-order valence-corrected chi connectivity index (χ3v) is 6.52. The Hall–Kier alpha value is -2.51. The molecule has 0 bridgehead atoms. The van der Waals surface area contributed by atoms with Crippen molar-refractivity contribution < 1.29 is 23.6 Å². The molecular formula is C24H28O6S. The van der Waals surface area contributed by atoms with Gasteiger partial charge in [0, 0.05) is 12.1 Å². The van der Waals surface area contributed by atoms with E-state index >= 15 is 0 Å². The number of carboxylic acids is 1. The van der Waals surface area contributed by atoms with Gasteiger partial charge in [-0.2, -0.15) is 0 Å². The van der Waals surface area contributed by atoms with Crippen molar-refractivity contribution in [1.82, 2.24) is 0 Å². The van der Waals surface area contributed by atoms with Gasteiger partial charge in [0.2, 0.25) is 5.43 Å². The SMILES string of the molecule is CCCCCCCCOc1cc([S+]([O-])CC)cc2c(=O)c3cc(C(=O)O)ccc3oc12. The van der Waals surface area contributed by atoms with E-state index in [1.165, 1.54) is 37.5 Å². The number of carboxylic acid groups (broad SMARTS) is 1. The predicted octanol–water partition coefficient (Wildman–Crippen LogP) is 5.51. The molecule has 0 spiro atoms. The van der Waals surface area contributed by atoms with Crippen molar-refractivity contribution in [2.75, 3.05) is 12.4 Å². The number of unbranched alkanes of at least 4 members (excludes halogenated alkanes) is 5. The van der Waals surface area contributed by atoms with Gasteiger partial charge in [0.1, 0.15) is 11.3 Å². The highest BCUT2D eigenvalue weighted by atomic mass is 32.2. The summed E-state index contributed by atoms with van der Waals surface area (Å²) in [4.78, 5) is 24.9. The number of hydrogen-bond donors (Lipinski definition) is 1. The zero-order valence-electron chi connectivity index (χ0n) is 17.9. The Balaban J connectivity index is 1.99. The minimum atomic E-state index is -1.28. The van der Waals surface area contributed by atoms with Crippen molar-refractivity contribution in [3.05, 3.63) is 46.1 Å². The third kappa shape index (κ3) is 5.40. The maximum absolute atomic E-state index is 13.1. The number of hydrogen-bond acceptors (Lipinski definition) is 5. The summed E-state index contributed by atoms with van der Waals surface area (Å²) in [6.07, 6.45) is 6.74. The smallest absolute Gasteiger partial charge is 0.335 e. The Labute approximate surface area is 184 Å². The normalized spacial score (nSPS) is 12.4. The van der Waals surface area contributed by atoms with E-state index in [0.717, 1.165) is 19.3 Å². The van der Waals surface area contributed by atoms with Crippen LogP contribution in [-0.4, -0.2) is 28.0 Å². The van der Waals surface area contributed by atoms with Gasteiger partial charge in [0.15, 0.2) is 16.2 Å². The molecule has 6 nitrogen and oxygen atoms in total. The monoisotopic (exact) mass is 444 g/mol. The number of carbonyl (C=O) groups is 1. The van der Waals surface area contributed by atoms with Gasteiger partial charge >= 0.3 is 5.97 Å². The standard InChI is InChI=1S/C24H28O6S/c1-3-5-6-7-8-9-12-29-21-15-17(31(28)4-2)14-19-22(25)18-13-16(24(26)27)10-11-20(18)30-23(19)21/h10-11,13-15H,3-9,12H2,1-2H3,(H,26,27). The van der Waals surface area contributed by atoms with Crippen molar-refractivity contribution in [2.45, 2.75) is 57.3 Å². The molecule has 1 heterocycles. The molecule has 0 amide bonds.